The average Bonchev–Trinajstić information content (AvgIpc) is 3.28. The lowest BCUT2D eigenvalue weighted by molar-refractivity contribution is -0.132. The number of amides is 1. The van der Waals surface area contributed by atoms with Gasteiger partial charge in [-0.2, -0.15) is 0 Å². The molecule has 0 N–H and O–H groups in total. The molecule has 3 rings (SSSR count). The molecular weight excluding hydrogens is 363 g/mol. The van der Waals surface area contributed by atoms with Gasteiger partial charge in [0.1, 0.15) is 11.6 Å². The van der Waals surface area contributed by atoms with Gasteiger partial charge in [-0.15, -0.1) is 11.3 Å². The fourth-order valence-electron chi connectivity index (χ4n) is 2.86. The summed E-state index contributed by atoms with van der Waals surface area (Å²) in [5, 5.41) is 0. The molecular formula is C21H23FN2O2S. The van der Waals surface area contributed by atoms with Crippen LogP contribution in [0.15, 0.2) is 59.2 Å². The van der Waals surface area contributed by atoms with Gasteiger partial charge in [0.2, 0.25) is 5.91 Å². The van der Waals surface area contributed by atoms with Crippen molar-refractivity contribution in [2.24, 2.45) is 0 Å². The highest BCUT2D eigenvalue weighted by atomic mass is 32.1. The molecule has 0 saturated heterocycles. The Morgan fingerprint density at radius 3 is 2.56 bits per heavy atom. The number of hydrogen-bond donors (Lipinski definition) is 0. The summed E-state index contributed by atoms with van der Waals surface area (Å²) in [4.78, 5) is 18.8. The summed E-state index contributed by atoms with van der Waals surface area (Å²) in [6.45, 7) is 3.76. The minimum atomic E-state index is -0.293. The minimum absolute atomic E-state index is 0.0573. The standard InChI is InChI=1S/C21H23FN2O2S/c1-16-9-10-19(27-16)14-24(13-18-7-5-11-26-18)15-21(25)23(2)12-17-6-3-4-8-20(17)22/h3-11H,12-15H2,1-2H3. The summed E-state index contributed by atoms with van der Waals surface area (Å²) in [6, 6.07) is 14.5. The number of halogens is 1. The minimum Gasteiger partial charge on any atom is -0.468 e. The van der Waals surface area contributed by atoms with Gasteiger partial charge in [0, 0.05) is 35.5 Å². The molecule has 0 saturated carbocycles. The van der Waals surface area contributed by atoms with Gasteiger partial charge in [-0.3, -0.25) is 9.69 Å². The first-order valence-corrected chi connectivity index (χ1v) is 9.60. The third kappa shape index (κ3) is 5.52. The van der Waals surface area contributed by atoms with Crippen molar-refractivity contribution >= 4 is 17.2 Å². The number of likely N-dealkylation sites (N-methyl/N-ethyl adjacent to an activating group) is 1. The number of carbonyl (C=O) groups excluding carboxylic acids is 1. The van der Waals surface area contributed by atoms with E-state index < -0.39 is 0 Å². The molecule has 0 fully saturated rings. The molecule has 2 aromatic heterocycles. The number of aryl methyl sites for hydroxylation is 1. The van der Waals surface area contributed by atoms with E-state index in [0.29, 0.717) is 18.7 Å². The first kappa shape index (κ1) is 19.3. The van der Waals surface area contributed by atoms with Gasteiger partial charge in [0.05, 0.1) is 19.4 Å². The third-order valence-corrected chi connectivity index (χ3v) is 5.27. The Kier molecular flexibility index (Phi) is 6.42. The van der Waals surface area contributed by atoms with Crippen LogP contribution in [0.5, 0.6) is 0 Å². The molecule has 1 aromatic carbocycles. The molecule has 142 valence electrons. The van der Waals surface area contributed by atoms with Crippen LogP contribution in [0.2, 0.25) is 0 Å². The zero-order valence-electron chi connectivity index (χ0n) is 15.5. The van der Waals surface area contributed by atoms with Crippen LogP contribution in [0.25, 0.3) is 0 Å². The summed E-state index contributed by atoms with van der Waals surface area (Å²) in [5.74, 6) is 0.463. The second-order valence-electron chi connectivity index (χ2n) is 6.58. The van der Waals surface area contributed by atoms with E-state index in [9.17, 15) is 9.18 Å². The van der Waals surface area contributed by atoms with Gasteiger partial charge in [0.15, 0.2) is 0 Å². The van der Waals surface area contributed by atoms with E-state index >= 15 is 0 Å². The van der Waals surface area contributed by atoms with E-state index in [1.54, 1.807) is 47.7 Å². The van der Waals surface area contributed by atoms with Crippen molar-refractivity contribution in [3.63, 3.8) is 0 Å². The second kappa shape index (κ2) is 8.97. The number of carbonyl (C=O) groups is 1. The average molecular weight is 386 g/mol. The van der Waals surface area contributed by atoms with Crippen molar-refractivity contribution in [1.29, 1.82) is 0 Å². The molecule has 0 aliphatic heterocycles. The number of nitrogens with zero attached hydrogens (tertiary/aromatic N) is 2. The molecule has 0 aliphatic carbocycles. The highest BCUT2D eigenvalue weighted by Crippen LogP contribution is 2.19. The summed E-state index contributed by atoms with van der Waals surface area (Å²) < 4.78 is 19.3. The molecule has 2 heterocycles. The number of benzene rings is 1. The van der Waals surface area contributed by atoms with Crippen molar-refractivity contribution in [2.75, 3.05) is 13.6 Å². The van der Waals surface area contributed by atoms with E-state index in [0.717, 1.165) is 5.76 Å². The molecule has 0 spiro atoms. The first-order chi connectivity index (χ1) is 13.0. The fourth-order valence-corrected chi connectivity index (χ4v) is 3.80. The normalized spacial score (nSPS) is 11.1. The predicted molar refractivity (Wildman–Crippen MR) is 105 cm³/mol. The Morgan fingerprint density at radius 1 is 1.07 bits per heavy atom. The summed E-state index contributed by atoms with van der Waals surface area (Å²) in [6.07, 6.45) is 1.63. The van der Waals surface area contributed by atoms with Crippen LogP contribution in [-0.4, -0.2) is 29.3 Å². The van der Waals surface area contributed by atoms with Gasteiger partial charge in [-0.1, -0.05) is 18.2 Å². The Labute approximate surface area is 162 Å². The Bertz CT molecular complexity index is 876. The van der Waals surface area contributed by atoms with Crippen LogP contribution in [0.4, 0.5) is 4.39 Å². The van der Waals surface area contributed by atoms with Crippen LogP contribution in [0.3, 0.4) is 0 Å². The highest BCUT2D eigenvalue weighted by molar-refractivity contribution is 7.11. The molecule has 4 nitrogen and oxygen atoms in total. The summed E-state index contributed by atoms with van der Waals surface area (Å²) in [5.41, 5.74) is 0.514. The van der Waals surface area contributed by atoms with Crippen LogP contribution >= 0.6 is 11.3 Å². The van der Waals surface area contributed by atoms with Crippen molar-refractivity contribution < 1.29 is 13.6 Å². The molecule has 0 aliphatic rings. The SMILES string of the molecule is Cc1ccc(CN(CC(=O)N(C)Cc2ccccc2F)Cc2ccco2)s1. The Morgan fingerprint density at radius 2 is 1.89 bits per heavy atom. The molecule has 0 bridgehead atoms. The number of rotatable bonds is 8. The quantitative estimate of drug-likeness (QED) is 0.574. The van der Waals surface area contributed by atoms with Crippen molar-refractivity contribution in [3.8, 4) is 0 Å². The zero-order valence-corrected chi connectivity index (χ0v) is 16.3. The Balaban J connectivity index is 1.66. The monoisotopic (exact) mass is 386 g/mol. The van der Waals surface area contributed by atoms with E-state index in [1.165, 1.54) is 15.8 Å². The van der Waals surface area contributed by atoms with Crippen molar-refractivity contribution in [2.45, 2.75) is 26.6 Å². The molecule has 0 radical (unpaired) electrons. The Hall–Kier alpha value is -2.44. The predicted octanol–water partition coefficient (Wildman–Crippen LogP) is 4.45. The molecule has 1 amide bonds. The van der Waals surface area contributed by atoms with E-state index in [4.69, 9.17) is 4.42 Å². The maximum Gasteiger partial charge on any atom is 0.236 e. The van der Waals surface area contributed by atoms with E-state index in [2.05, 4.69) is 19.1 Å². The van der Waals surface area contributed by atoms with Crippen molar-refractivity contribution in [1.82, 2.24) is 9.80 Å². The summed E-state index contributed by atoms with van der Waals surface area (Å²) in [7, 11) is 1.70. The lowest BCUT2D eigenvalue weighted by atomic mass is 10.2. The first-order valence-electron chi connectivity index (χ1n) is 8.78. The molecule has 6 heteroatoms. The highest BCUT2D eigenvalue weighted by Gasteiger charge is 2.18. The zero-order chi connectivity index (χ0) is 19.2. The molecule has 3 aromatic rings. The van der Waals surface area contributed by atoms with Crippen LogP contribution < -0.4 is 0 Å². The number of furan rings is 1. The van der Waals surface area contributed by atoms with E-state index in [1.807, 2.05) is 17.0 Å². The largest absolute Gasteiger partial charge is 0.468 e. The third-order valence-electron chi connectivity index (χ3n) is 4.28. The van der Waals surface area contributed by atoms with Crippen LogP contribution in [0, 0.1) is 12.7 Å². The topological polar surface area (TPSA) is 36.7 Å². The number of thiophene rings is 1. The molecule has 0 atom stereocenters. The maximum atomic E-state index is 13.9. The van der Waals surface area contributed by atoms with Crippen LogP contribution in [-0.2, 0) is 24.4 Å². The van der Waals surface area contributed by atoms with Crippen molar-refractivity contribution in [3.05, 3.63) is 81.7 Å². The fraction of sp³-hybridized carbons (Fsp3) is 0.286. The smallest absolute Gasteiger partial charge is 0.236 e. The molecule has 0 unspecified atom stereocenters. The lowest BCUT2D eigenvalue weighted by Crippen LogP contribution is -2.37. The van der Waals surface area contributed by atoms with Gasteiger partial charge in [-0.05, 0) is 37.3 Å². The van der Waals surface area contributed by atoms with Crippen LogP contribution in [0.1, 0.15) is 21.1 Å². The summed E-state index contributed by atoms with van der Waals surface area (Å²) >= 11 is 1.72. The van der Waals surface area contributed by atoms with Gasteiger partial charge < -0.3 is 9.32 Å². The number of hydrogen-bond acceptors (Lipinski definition) is 4. The van der Waals surface area contributed by atoms with Gasteiger partial charge >= 0.3 is 0 Å². The van der Waals surface area contributed by atoms with Gasteiger partial charge in [0.25, 0.3) is 0 Å². The maximum absolute atomic E-state index is 13.9. The second-order valence-corrected chi connectivity index (χ2v) is 7.95. The lowest BCUT2D eigenvalue weighted by Gasteiger charge is -2.24. The van der Waals surface area contributed by atoms with Gasteiger partial charge in [-0.25, -0.2) is 4.39 Å². The van der Waals surface area contributed by atoms with E-state index in [-0.39, 0.29) is 24.8 Å². The molecule has 27 heavy (non-hydrogen) atoms.